The first-order valence-electron chi connectivity index (χ1n) is 10.3. The van der Waals surface area contributed by atoms with E-state index in [1.54, 1.807) is 23.0 Å². The molecular weight excluding hydrogens is 458 g/mol. The molecule has 10 nitrogen and oxygen atoms in total. The van der Waals surface area contributed by atoms with E-state index < -0.39 is 26.7 Å². The van der Waals surface area contributed by atoms with Crippen molar-refractivity contribution in [2.45, 2.75) is 12.5 Å². The molecule has 0 radical (unpaired) electrons. The lowest BCUT2D eigenvalue weighted by Crippen LogP contribution is -2.36. The first kappa shape index (κ1) is 22.9. The minimum absolute atomic E-state index is 0.00230. The van der Waals surface area contributed by atoms with E-state index in [-0.39, 0.29) is 22.8 Å². The molecule has 0 saturated carbocycles. The fraction of sp³-hybridized carbons (Fsp3) is 0.174. The molecule has 1 N–H and O–H groups in total. The average Bonchev–Trinajstić information content (AvgIpc) is 3.40. The summed E-state index contributed by atoms with van der Waals surface area (Å²) in [7, 11) is -3.19. The number of nitro groups is 1. The van der Waals surface area contributed by atoms with E-state index in [0.29, 0.717) is 23.2 Å². The van der Waals surface area contributed by atoms with Gasteiger partial charge in [-0.05, 0) is 36.8 Å². The molecule has 1 atom stereocenters. The Hall–Kier alpha value is -4.30. The Morgan fingerprint density at radius 2 is 1.91 bits per heavy atom. The number of nitriles is 1. The van der Waals surface area contributed by atoms with Crippen molar-refractivity contribution in [2.75, 3.05) is 11.5 Å². The van der Waals surface area contributed by atoms with Crippen LogP contribution in [0.1, 0.15) is 12.0 Å². The van der Waals surface area contributed by atoms with Crippen molar-refractivity contribution < 1.29 is 18.1 Å². The molecule has 0 spiro atoms. The van der Waals surface area contributed by atoms with E-state index in [2.05, 4.69) is 10.4 Å². The van der Waals surface area contributed by atoms with E-state index >= 15 is 0 Å². The number of nitrogens with one attached hydrogen (secondary N) is 1. The van der Waals surface area contributed by atoms with Crippen molar-refractivity contribution in [2.24, 2.45) is 0 Å². The van der Waals surface area contributed by atoms with E-state index in [0.717, 1.165) is 5.69 Å². The third-order valence-corrected chi connectivity index (χ3v) is 7.12. The van der Waals surface area contributed by atoms with Gasteiger partial charge in [-0.1, -0.05) is 18.2 Å². The van der Waals surface area contributed by atoms with Gasteiger partial charge in [0.25, 0.3) is 11.6 Å². The monoisotopic (exact) mass is 477 g/mol. The Kier molecular flexibility index (Phi) is 6.25. The third kappa shape index (κ3) is 5.02. The summed E-state index contributed by atoms with van der Waals surface area (Å²) in [6.07, 6.45) is 3.32. The summed E-state index contributed by atoms with van der Waals surface area (Å²) in [5.41, 5.74) is 1.88. The van der Waals surface area contributed by atoms with Gasteiger partial charge in [-0.2, -0.15) is 10.4 Å². The summed E-state index contributed by atoms with van der Waals surface area (Å²) in [4.78, 5) is 23.2. The molecule has 3 aromatic rings. The van der Waals surface area contributed by atoms with E-state index in [1.165, 1.54) is 18.2 Å². The fourth-order valence-electron chi connectivity index (χ4n) is 3.65. The molecule has 1 amide bonds. The highest BCUT2D eigenvalue weighted by Crippen LogP contribution is 2.27. The number of hydrogen-bond donors (Lipinski definition) is 1. The quantitative estimate of drug-likeness (QED) is 0.248. The van der Waals surface area contributed by atoms with Crippen LogP contribution in [0.3, 0.4) is 0 Å². The van der Waals surface area contributed by atoms with Crippen LogP contribution in [0.25, 0.3) is 23.0 Å². The van der Waals surface area contributed by atoms with Crippen molar-refractivity contribution in [1.29, 1.82) is 5.26 Å². The lowest BCUT2D eigenvalue weighted by molar-refractivity contribution is -0.384. The number of carbonyl (C=O) groups excluding carboxylic acids is 1. The predicted octanol–water partition coefficient (Wildman–Crippen LogP) is 2.66. The largest absolute Gasteiger partial charge is 0.348 e. The maximum Gasteiger partial charge on any atom is 0.269 e. The maximum atomic E-state index is 12.7. The molecule has 1 aliphatic heterocycles. The van der Waals surface area contributed by atoms with Gasteiger partial charge in [0.2, 0.25) is 0 Å². The number of amides is 1. The number of sulfone groups is 1. The Morgan fingerprint density at radius 3 is 2.50 bits per heavy atom. The molecule has 4 rings (SSSR count). The fourth-order valence-corrected chi connectivity index (χ4v) is 5.32. The smallest absolute Gasteiger partial charge is 0.269 e. The summed E-state index contributed by atoms with van der Waals surface area (Å²) in [5, 5.41) is 27.8. The van der Waals surface area contributed by atoms with Gasteiger partial charge < -0.3 is 5.32 Å². The Balaban J connectivity index is 1.72. The van der Waals surface area contributed by atoms with Gasteiger partial charge in [-0.25, -0.2) is 13.1 Å². The second-order valence-electron chi connectivity index (χ2n) is 7.76. The standard InChI is InChI=1S/C23H19N5O5S/c24-13-17(23(29)25-19-10-11-34(32,33)15-19)12-18-14-27(20-4-2-1-3-5-20)26-22(18)16-6-8-21(9-7-16)28(30)31/h1-9,12,14,19H,10-11,15H2,(H,25,29)/b17-12+. The molecule has 1 saturated heterocycles. The number of carbonyl (C=O) groups is 1. The van der Waals surface area contributed by atoms with Gasteiger partial charge in [0, 0.05) is 35.5 Å². The van der Waals surface area contributed by atoms with Crippen LogP contribution in [0.4, 0.5) is 5.69 Å². The van der Waals surface area contributed by atoms with Crippen molar-refractivity contribution in [3.63, 3.8) is 0 Å². The van der Waals surface area contributed by atoms with Gasteiger partial charge in [-0.15, -0.1) is 0 Å². The highest BCUT2D eigenvalue weighted by atomic mass is 32.2. The molecule has 1 aromatic heterocycles. The first-order chi connectivity index (χ1) is 16.3. The molecule has 172 valence electrons. The number of hydrogen-bond acceptors (Lipinski definition) is 7. The molecule has 1 aliphatic rings. The molecule has 0 bridgehead atoms. The number of nitrogens with zero attached hydrogens (tertiary/aromatic N) is 4. The van der Waals surface area contributed by atoms with Crippen molar-refractivity contribution in [1.82, 2.24) is 15.1 Å². The SMILES string of the molecule is N#C/C(=C\c1cn(-c2ccccc2)nc1-c1ccc([N+](=O)[O-])cc1)C(=O)NC1CCS(=O)(=O)C1. The van der Waals surface area contributed by atoms with Crippen LogP contribution in [0.5, 0.6) is 0 Å². The average molecular weight is 478 g/mol. The third-order valence-electron chi connectivity index (χ3n) is 5.35. The second-order valence-corrected chi connectivity index (χ2v) is 9.99. The molecule has 34 heavy (non-hydrogen) atoms. The molecule has 2 aromatic carbocycles. The van der Waals surface area contributed by atoms with Crippen molar-refractivity contribution in [3.8, 4) is 23.0 Å². The Bertz CT molecular complexity index is 1420. The first-order valence-corrected chi connectivity index (χ1v) is 12.1. The zero-order chi connectivity index (χ0) is 24.3. The summed E-state index contributed by atoms with van der Waals surface area (Å²) < 4.78 is 24.9. The lowest BCUT2D eigenvalue weighted by atomic mass is 10.1. The molecule has 2 heterocycles. The van der Waals surface area contributed by atoms with Crippen LogP contribution in [0.15, 0.2) is 66.4 Å². The van der Waals surface area contributed by atoms with Crippen LogP contribution < -0.4 is 5.32 Å². The number of para-hydroxylation sites is 1. The molecule has 11 heteroatoms. The predicted molar refractivity (Wildman–Crippen MR) is 124 cm³/mol. The zero-order valence-corrected chi connectivity index (χ0v) is 18.6. The van der Waals surface area contributed by atoms with Crippen LogP contribution in [-0.4, -0.2) is 46.6 Å². The summed E-state index contributed by atoms with van der Waals surface area (Å²) in [6, 6.07) is 16.3. The van der Waals surface area contributed by atoms with Crippen LogP contribution in [0, 0.1) is 21.4 Å². The van der Waals surface area contributed by atoms with E-state index in [9.17, 15) is 28.6 Å². The van der Waals surface area contributed by atoms with Crippen molar-refractivity contribution >= 4 is 27.5 Å². The van der Waals surface area contributed by atoms with Crippen molar-refractivity contribution in [3.05, 3.63) is 82.0 Å². The zero-order valence-electron chi connectivity index (χ0n) is 17.8. The van der Waals surface area contributed by atoms with E-state index in [1.807, 2.05) is 36.4 Å². The highest BCUT2D eigenvalue weighted by molar-refractivity contribution is 7.91. The minimum Gasteiger partial charge on any atom is -0.348 e. The molecular formula is C23H19N5O5S. The number of non-ortho nitro benzene ring substituents is 1. The van der Waals surface area contributed by atoms with Crippen LogP contribution in [0.2, 0.25) is 0 Å². The summed E-state index contributed by atoms with van der Waals surface area (Å²) in [5.74, 6) is -0.832. The molecule has 0 aliphatic carbocycles. The summed E-state index contributed by atoms with van der Waals surface area (Å²) >= 11 is 0. The maximum absolute atomic E-state index is 12.7. The van der Waals surface area contributed by atoms with E-state index in [4.69, 9.17) is 0 Å². The Morgan fingerprint density at radius 1 is 1.21 bits per heavy atom. The highest BCUT2D eigenvalue weighted by Gasteiger charge is 2.29. The van der Waals surface area contributed by atoms with Gasteiger partial charge >= 0.3 is 0 Å². The van der Waals surface area contributed by atoms with Crippen LogP contribution in [-0.2, 0) is 14.6 Å². The van der Waals surface area contributed by atoms with Gasteiger partial charge in [-0.3, -0.25) is 14.9 Å². The van der Waals surface area contributed by atoms with Gasteiger partial charge in [0.05, 0.1) is 22.1 Å². The van der Waals surface area contributed by atoms with Gasteiger partial charge in [0.1, 0.15) is 17.3 Å². The lowest BCUT2D eigenvalue weighted by Gasteiger charge is -2.09. The second kappa shape index (κ2) is 9.29. The number of rotatable bonds is 6. The number of benzene rings is 2. The normalized spacial score (nSPS) is 17.1. The summed E-state index contributed by atoms with van der Waals surface area (Å²) in [6.45, 7) is 0. The van der Waals surface area contributed by atoms with Gasteiger partial charge in [0.15, 0.2) is 9.84 Å². The molecule has 1 fully saturated rings. The Labute approximate surface area is 195 Å². The number of aromatic nitrogens is 2. The minimum atomic E-state index is -3.19. The topological polar surface area (TPSA) is 148 Å². The number of nitro benzene ring substituents is 1. The van der Waals surface area contributed by atoms with Crippen LogP contribution >= 0.6 is 0 Å². The molecule has 1 unspecified atom stereocenters.